The number of halogens is 1. The van der Waals surface area contributed by atoms with Gasteiger partial charge in [-0.05, 0) is 45.4 Å². The second-order valence-corrected chi connectivity index (χ2v) is 7.09. The van der Waals surface area contributed by atoms with E-state index in [-0.39, 0.29) is 25.5 Å². The molecule has 0 aliphatic heterocycles. The van der Waals surface area contributed by atoms with E-state index >= 15 is 0 Å². The molecule has 0 spiro atoms. The fourth-order valence-electron chi connectivity index (χ4n) is 2.54. The Balaban J connectivity index is 2.17. The molecule has 1 atom stereocenters. The first-order valence-electron chi connectivity index (χ1n) is 8.43. The summed E-state index contributed by atoms with van der Waals surface area (Å²) in [5.41, 5.74) is 0.257. The van der Waals surface area contributed by atoms with Crippen molar-refractivity contribution in [3.63, 3.8) is 0 Å². The molecule has 1 unspecified atom stereocenters. The highest BCUT2D eigenvalue weighted by Crippen LogP contribution is 2.25. The van der Waals surface area contributed by atoms with Crippen LogP contribution in [-0.4, -0.2) is 42.0 Å². The zero-order valence-electron chi connectivity index (χ0n) is 15.5. The zero-order chi connectivity index (χ0) is 19.3. The molecular formula is C19H25FN2O4. The fourth-order valence-corrected chi connectivity index (χ4v) is 2.54. The number of amides is 1. The molecular weight excluding hydrogens is 339 g/mol. The highest BCUT2D eigenvalue weighted by molar-refractivity contribution is 5.82. The number of rotatable bonds is 6. The van der Waals surface area contributed by atoms with Gasteiger partial charge in [0.2, 0.25) is 5.88 Å². The number of methoxy groups -OCH3 is 1. The van der Waals surface area contributed by atoms with Gasteiger partial charge in [0.15, 0.2) is 0 Å². The molecule has 2 N–H and O–H groups in total. The standard InChI is InChI=1S/C19H25FN2O4/c1-19(2,3)26-18(24)21-10-12(11-23)9-14-15(20)7-5-13-6-8-16(25-4)22-17(13)14/h5-8,12,23H,9-11H2,1-4H3,(H,21,24). The van der Waals surface area contributed by atoms with E-state index < -0.39 is 17.5 Å². The fraction of sp³-hybridized carbons (Fsp3) is 0.474. The Morgan fingerprint density at radius 3 is 2.62 bits per heavy atom. The van der Waals surface area contributed by atoms with Crippen molar-refractivity contribution in [3.8, 4) is 5.88 Å². The highest BCUT2D eigenvalue weighted by Gasteiger charge is 2.19. The molecule has 0 saturated carbocycles. The lowest BCUT2D eigenvalue weighted by atomic mass is 9.97. The molecule has 2 aromatic rings. The molecule has 1 heterocycles. The molecule has 1 aromatic carbocycles. The number of benzene rings is 1. The van der Waals surface area contributed by atoms with E-state index in [2.05, 4.69) is 10.3 Å². The molecule has 2 rings (SSSR count). The van der Waals surface area contributed by atoms with Gasteiger partial charge >= 0.3 is 6.09 Å². The zero-order valence-corrected chi connectivity index (χ0v) is 15.5. The summed E-state index contributed by atoms with van der Waals surface area (Å²) in [6, 6.07) is 6.53. The largest absolute Gasteiger partial charge is 0.481 e. The van der Waals surface area contributed by atoms with Crippen molar-refractivity contribution >= 4 is 17.0 Å². The Morgan fingerprint density at radius 1 is 1.31 bits per heavy atom. The second-order valence-electron chi connectivity index (χ2n) is 7.09. The SMILES string of the molecule is COc1ccc2ccc(F)c(CC(CO)CNC(=O)OC(C)(C)C)c2n1. The number of aliphatic hydroxyl groups is 1. The van der Waals surface area contributed by atoms with Crippen LogP contribution < -0.4 is 10.1 Å². The predicted octanol–water partition coefficient (Wildman–Crippen LogP) is 3.06. The first-order valence-corrected chi connectivity index (χ1v) is 8.43. The van der Waals surface area contributed by atoms with Crippen LogP contribution in [0.2, 0.25) is 0 Å². The lowest BCUT2D eigenvalue weighted by Crippen LogP contribution is -2.36. The monoisotopic (exact) mass is 364 g/mol. The van der Waals surface area contributed by atoms with Crippen LogP contribution in [0.15, 0.2) is 24.3 Å². The van der Waals surface area contributed by atoms with Gasteiger partial charge in [-0.1, -0.05) is 0 Å². The minimum Gasteiger partial charge on any atom is -0.481 e. The Hall–Kier alpha value is -2.41. The van der Waals surface area contributed by atoms with E-state index in [4.69, 9.17) is 9.47 Å². The van der Waals surface area contributed by atoms with Crippen LogP contribution in [0.1, 0.15) is 26.3 Å². The number of aromatic nitrogens is 1. The van der Waals surface area contributed by atoms with Crippen molar-refractivity contribution < 1.29 is 23.8 Å². The van der Waals surface area contributed by atoms with Crippen molar-refractivity contribution in [1.82, 2.24) is 10.3 Å². The Labute approximate surface area is 152 Å². The van der Waals surface area contributed by atoms with Gasteiger partial charge in [0.25, 0.3) is 0 Å². The second kappa shape index (κ2) is 8.31. The number of carbonyl (C=O) groups excluding carboxylic acids is 1. The topological polar surface area (TPSA) is 80.7 Å². The van der Waals surface area contributed by atoms with Crippen LogP contribution >= 0.6 is 0 Å². The van der Waals surface area contributed by atoms with Crippen LogP contribution in [-0.2, 0) is 11.2 Å². The van der Waals surface area contributed by atoms with Crippen molar-refractivity contribution in [2.45, 2.75) is 32.8 Å². The molecule has 142 valence electrons. The predicted molar refractivity (Wildman–Crippen MR) is 96.8 cm³/mol. The van der Waals surface area contributed by atoms with Gasteiger partial charge < -0.3 is 19.9 Å². The maximum absolute atomic E-state index is 14.4. The average molecular weight is 364 g/mol. The quantitative estimate of drug-likeness (QED) is 0.823. The third-order valence-electron chi connectivity index (χ3n) is 3.78. The maximum Gasteiger partial charge on any atom is 0.407 e. The molecule has 6 nitrogen and oxygen atoms in total. The van der Waals surface area contributed by atoms with Crippen LogP contribution in [0.5, 0.6) is 5.88 Å². The van der Waals surface area contributed by atoms with Crippen LogP contribution in [0, 0.1) is 11.7 Å². The summed E-state index contributed by atoms with van der Waals surface area (Å²) < 4.78 is 24.7. The Kier molecular flexibility index (Phi) is 6.37. The molecule has 0 aliphatic rings. The smallest absolute Gasteiger partial charge is 0.407 e. The third kappa shape index (κ3) is 5.29. The Morgan fingerprint density at radius 2 is 2.00 bits per heavy atom. The number of pyridine rings is 1. The van der Waals surface area contributed by atoms with E-state index in [1.165, 1.54) is 13.2 Å². The number of nitrogens with one attached hydrogen (secondary N) is 1. The molecule has 0 aliphatic carbocycles. The summed E-state index contributed by atoms with van der Waals surface area (Å²) >= 11 is 0. The highest BCUT2D eigenvalue weighted by atomic mass is 19.1. The first kappa shape index (κ1) is 19.9. The van der Waals surface area contributed by atoms with Gasteiger partial charge in [0.05, 0.1) is 12.6 Å². The molecule has 7 heteroatoms. The van der Waals surface area contributed by atoms with E-state index in [1.807, 2.05) is 0 Å². The van der Waals surface area contributed by atoms with Crippen molar-refractivity contribution in [2.24, 2.45) is 5.92 Å². The van der Waals surface area contributed by atoms with E-state index in [0.29, 0.717) is 17.0 Å². The normalized spacial score (nSPS) is 12.7. The van der Waals surface area contributed by atoms with Gasteiger partial charge in [-0.3, -0.25) is 0 Å². The van der Waals surface area contributed by atoms with Crippen LogP contribution in [0.4, 0.5) is 9.18 Å². The molecule has 1 amide bonds. The molecule has 0 bridgehead atoms. The number of carbonyl (C=O) groups is 1. The number of fused-ring (bicyclic) bond motifs is 1. The molecule has 0 fully saturated rings. The first-order chi connectivity index (χ1) is 12.2. The van der Waals surface area contributed by atoms with E-state index in [0.717, 1.165) is 5.39 Å². The summed E-state index contributed by atoms with van der Waals surface area (Å²) in [6.45, 7) is 5.24. The summed E-state index contributed by atoms with van der Waals surface area (Å²) in [7, 11) is 1.49. The lowest BCUT2D eigenvalue weighted by molar-refractivity contribution is 0.0512. The van der Waals surface area contributed by atoms with Gasteiger partial charge in [-0.15, -0.1) is 0 Å². The van der Waals surface area contributed by atoms with Crippen LogP contribution in [0.25, 0.3) is 10.9 Å². The number of alkyl carbamates (subject to hydrolysis) is 1. The van der Waals surface area contributed by atoms with Crippen LogP contribution in [0.3, 0.4) is 0 Å². The third-order valence-corrected chi connectivity index (χ3v) is 3.78. The van der Waals surface area contributed by atoms with Gasteiger partial charge in [0, 0.05) is 36.1 Å². The van der Waals surface area contributed by atoms with E-state index in [1.54, 1.807) is 39.0 Å². The van der Waals surface area contributed by atoms with Gasteiger partial charge in [0.1, 0.15) is 11.4 Å². The van der Waals surface area contributed by atoms with Crippen molar-refractivity contribution in [1.29, 1.82) is 0 Å². The number of nitrogens with zero attached hydrogens (tertiary/aromatic N) is 1. The number of hydrogen-bond acceptors (Lipinski definition) is 5. The summed E-state index contributed by atoms with van der Waals surface area (Å²) in [4.78, 5) is 16.1. The lowest BCUT2D eigenvalue weighted by Gasteiger charge is -2.21. The number of aliphatic hydroxyl groups excluding tert-OH is 1. The molecule has 1 aromatic heterocycles. The van der Waals surface area contributed by atoms with Crippen molar-refractivity contribution in [2.75, 3.05) is 20.3 Å². The molecule has 0 radical (unpaired) electrons. The molecule has 26 heavy (non-hydrogen) atoms. The van der Waals surface area contributed by atoms with Crippen molar-refractivity contribution in [3.05, 3.63) is 35.6 Å². The number of ether oxygens (including phenoxy) is 2. The Bertz CT molecular complexity index is 774. The average Bonchev–Trinajstić information content (AvgIpc) is 2.58. The molecule has 0 saturated heterocycles. The number of hydrogen-bond donors (Lipinski definition) is 2. The minimum atomic E-state index is -0.610. The summed E-state index contributed by atoms with van der Waals surface area (Å²) in [5, 5.41) is 13.0. The summed E-state index contributed by atoms with van der Waals surface area (Å²) in [5.74, 6) is -0.402. The van der Waals surface area contributed by atoms with E-state index in [9.17, 15) is 14.3 Å². The van der Waals surface area contributed by atoms with Gasteiger partial charge in [-0.25, -0.2) is 14.2 Å². The minimum absolute atomic E-state index is 0.158. The summed E-state index contributed by atoms with van der Waals surface area (Å²) in [6.07, 6.45) is -0.357. The van der Waals surface area contributed by atoms with Gasteiger partial charge in [-0.2, -0.15) is 0 Å². The maximum atomic E-state index is 14.4.